The Morgan fingerprint density at radius 2 is 2.21 bits per heavy atom. The molecule has 6 nitrogen and oxygen atoms in total. The molecule has 0 unspecified atom stereocenters. The Morgan fingerprint density at radius 1 is 1.42 bits per heavy atom. The van der Waals surface area contributed by atoms with Crippen molar-refractivity contribution in [3.63, 3.8) is 0 Å². The summed E-state index contributed by atoms with van der Waals surface area (Å²) in [6.45, 7) is 1.04. The summed E-state index contributed by atoms with van der Waals surface area (Å²) in [4.78, 5) is 22.3. The summed E-state index contributed by atoms with van der Waals surface area (Å²) in [5.74, 6) is -0.0853. The molecule has 1 aliphatic heterocycles. The number of para-hydroxylation sites is 1. The van der Waals surface area contributed by atoms with E-state index in [-0.39, 0.29) is 24.2 Å². The minimum atomic E-state index is -0.430. The minimum absolute atomic E-state index is 0.0411. The van der Waals surface area contributed by atoms with Crippen LogP contribution in [0.5, 0.6) is 0 Å². The standard InChI is InChI=1S/C13H17N3O3/c17-13(11-6-3-4-8-14-11)15-9-10-5-1-2-7-12(10)16(18)19/h1-2,5,7,11,14H,3-4,6,8-9H2,(H,15,17)/t11-/m0/s1. The number of nitrogens with zero attached hydrogens (tertiary/aromatic N) is 1. The molecule has 2 N–H and O–H groups in total. The Kier molecular flexibility index (Phi) is 4.46. The van der Waals surface area contributed by atoms with Crippen LogP contribution in [0.3, 0.4) is 0 Å². The van der Waals surface area contributed by atoms with Crippen LogP contribution >= 0.6 is 0 Å². The SMILES string of the molecule is O=C(NCc1ccccc1[N+](=O)[O-])[C@@H]1CCCCN1. The zero-order valence-corrected chi connectivity index (χ0v) is 10.6. The second-order valence-corrected chi connectivity index (χ2v) is 4.61. The first kappa shape index (κ1) is 13.5. The van der Waals surface area contributed by atoms with E-state index in [1.807, 2.05) is 0 Å². The van der Waals surface area contributed by atoms with Crippen molar-refractivity contribution >= 4 is 11.6 Å². The van der Waals surface area contributed by atoms with Gasteiger partial charge in [0.2, 0.25) is 5.91 Å². The highest BCUT2D eigenvalue weighted by Crippen LogP contribution is 2.17. The van der Waals surface area contributed by atoms with Gasteiger partial charge in [-0.3, -0.25) is 14.9 Å². The number of piperidine rings is 1. The molecule has 1 aromatic rings. The zero-order valence-electron chi connectivity index (χ0n) is 10.6. The molecule has 0 bridgehead atoms. The molecule has 0 aromatic heterocycles. The largest absolute Gasteiger partial charge is 0.350 e. The van der Waals surface area contributed by atoms with Crippen LogP contribution < -0.4 is 10.6 Å². The van der Waals surface area contributed by atoms with Crippen LogP contribution in [0.25, 0.3) is 0 Å². The van der Waals surface area contributed by atoms with Gasteiger partial charge < -0.3 is 10.6 Å². The zero-order chi connectivity index (χ0) is 13.7. The third-order valence-electron chi connectivity index (χ3n) is 3.27. The van der Waals surface area contributed by atoms with Gasteiger partial charge in [-0.15, -0.1) is 0 Å². The van der Waals surface area contributed by atoms with Crippen LogP contribution in [0.15, 0.2) is 24.3 Å². The second kappa shape index (κ2) is 6.29. The summed E-state index contributed by atoms with van der Waals surface area (Å²) in [7, 11) is 0. The van der Waals surface area contributed by atoms with E-state index in [1.54, 1.807) is 18.2 Å². The molecule has 1 heterocycles. The first-order chi connectivity index (χ1) is 9.18. The van der Waals surface area contributed by atoms with Gasteiger partial charge in [0.25, 0.3) is 5.69 Å². The average molecular weight is 263 g/mol. The van der Waals surface area contributed by atoms with Crippen LogP contribution in [0.4, 0.5) is 5.69 Å². The van der Waals surface area contributed by atoms with E-state index in [4.69, 9.17) is 0 Å². The van der Waals surface area contributed by atoms with Crippen molar-refractivity contribution in [2.75, 3.05) is 6.54 Å². The summed E-state index contributed by atoms with van der Waals surface area (Å²) in [5.41, 5.74) is 0.566. The van der Waals surface area contributed by atoms with Crippen molar-refractivity contribution in [2.24, 2.45) is 0 Å². The summed E-state index contributed by atoms with van der Waals surface area (Å²) >= 11 is 0. The van der Waals surface area contributed by atoms with Gasteiger partial charge in [0, 0.05) is 18.2 Å². The van der Waals surface area contributed by atoms with Gasteiger partial charge in [0.05, 0.1) is 11.0 Å². The molecule has 1 amide bonds. The summed E-state index contributed by atoms with van der Waals surface area (Å²) in [6, 6.07) is 6.28. The molecule has 0 saturated carbocycles. The first-order valence-electron chi connectivity index (χ1n) is 6.42. The number of benzene rings is 1. The third kappa shape index (κ3) is 3.51. The first-order valence-corrected chi connectivity index (χ1v) is 6.42. The van der Waals surface area contributed by atoms with Crippen molar-refractivity contribution in [3.05, 3.63) is 39.9 Å². The van der Waals surface area contributed by atoms with Crippen molar-refractivity contribution < 1.29 is 9.72 Å². The molecule has 2 rings (SSSR count). The quantitative estimate of drug-likeness (QED) is 0.634. The molecule has 1 fully saturated rings. The molecule has 0 spiro atoms. The lowest BCUT2D eigenvalue weighted by Gasteiger charge is -2.22. The van der Waals surface area contributed by atoms with Crippen LogP contribution in [-0.4, -0.2) is 23.4 Å². The molecule has 19 heavy (non-hydrogen) atoms. The Bertz CT molecular complexity index is 470. The van der Waals surface area contributed by atoms with Crippen molar-refractivity contribution in [1.29, 1.82) is 0 Å². The predicted octanol–water partition coefficient (Wildman–Crippen LogP) is 1.35. The summed E-state index contributed by atoms with van der Waals surface area (Å²) in [6.07, 6.45) is 2.95. The van der Waals surface area contributed by atoms with Gasteiger partial charge in [-0.05, 0) is 19.4 Å². The number of amides is 1. The van der Waals surface area contributed by atoms with Gasteiger partial charge in [-0.1, -0.05) is 24.6 Å². The van der Waals surface area contributed by atoms with E-state index in [9.17, 15) is 14.9 Å². The van der Waals surface area contributed by atoms with E-state index in [2.05, 4.69) is 10.6 Å². The molecule has 1 aromatic carbocycles. The summed E-state index contributed by atoms with van der Waals surface area (Å²) < 4.78 is 0. The number of carbonyl (C=O) groups excluding carboxylic acids is 1. The highest BCUT2D eigenvalue weighted by molar-refractivity contribution is 5.81. The third-order valence-corrected chi connectivity index (χ3v) is 3.27. The van der Waals surface area contributed by atoms with Gasteiger partial charge in [-0.25, -0.2) is 0 Å². The molecule has 0 aliphatic carbocycles. The molecule has 1 aliphatic rings. The van der Waals surface area contributed by atoms with Crippen LogP contribution in [0.1, 0.15) is 24.8 Å². The topological polar surface area (TPSA) is 84.3 Å². The number of rotatable bonds is 4. The van der Waals surface area contributed by atoms with Crippen LogP contribution in [0, 0.1) is 10.1 Å². The number of nitro groups is 1. The van der Waals surface area contributed by atoms with E-state index in [0.29, 0.717) is 5.56 Å². The van der Waals surface area contributed by atoms with E-state index in [1.165, 1.54) is 6.07 Å². The number of carbonyl (C=O) groups is 1. The number of nitro benzene ring substituents is 1. The predicted molar refractivity (Wildman–Crippen MR) is 70.6 cm³/mol. The molecule has 102 valence electrons. The molecular formula is C13H17N3O3. The fourth-order valence-electron chi connectivity index (χ4n) is 2.22. The summed E-state index contributed by atoms with van der Waals surface area (Å²) in [5, 5.41) is 16.8. The number of hydrogen-bond donors (Lipinski definition) is 2. The monoisotopic (exact) mass is 263 g/mol. The van der Waals surface area contributed by atoms with Gasteiger partial charge in [0.1, 0.15) is 0 Å². The maximum absolute atomic E-state index is 11.9. The Balaban J connectivity index is 1.94. The number of hydrogen-bond acceptors (Lipinski definition) is 4. The van der Waals surface area contributed by atoms with Crippen LogP contribution in [0.2, 0.25) is 0 Å². The Hall–Kier alpha value is -1.95. The highest BCUT2D eigenvalue weighted by Gasteiger charge is 2.21. The van der Waals surface area contributed by atoms with Gasteiger partial charge in [0.15, 0.2) is 0 Å². The lowest BCUT2D eigenvalue weighted by atomic mass is 10.0. The maximum atomic E-state index is 11.9. The van der Waals surface area contributed by atoms with Gasteiger partial charge in [-0.2, -0.15) is 0 Å². The average Bonchev–Trinajstić information content (AvgIpc) is 2.46. The van der Waals surface area contributed by atoms with Crippen molar-refractivity contribution in [3.8, 4) is 0 Å². The highest BCUT2D eigenvalue weighted by atomic mass is 16.6. The van der Waals surface area contributed by atoms with Crippen molar-refractivity contribution in [1.82, 2.24) is 10.6 Å². The lowest BCUT2D eigenvalue weighted by Crippen LogP contribution is -2.46. The fourth-order valence-corrected chi connectivity index (χ4v) is 2.22. The van der Waals surface area contributed by atoms with E-state index >= 15 is 0 Å². The molecule has 6 heteroatoms. The normalized spacial score (nSPS) is 18.8. The van der Waals surface area contributed by atoms with E-state index in [0.717, 1.165) is 25.8 Å². The Labute approximate surface area is 111 Å². The second-order valence-electron chi connectivity index (χ2n) is 4.61. The van der Waals surface area contributed by atoms with Gasteiger partial charge >= 0.3 is 0 Å². The molecule has 1 atom stereocenters. The fraction of sp³-hybridized carbons (Fsp3) is 0.462. The molecule has 0 radical (unpaired) electrons. The minimum Gasteiger partial charge on any atom is -0.350 e. The molecular weight excluding hydrogens is 246 g/mol. The van der Waals surface area contributed by atoms with E-state index < -0.39 is 4.92 Å². The smallest absolute Gasteiger partial charge is 0.274 e. The maximum Gasteiger partial charge on any atom is 0.274 e. The van der Waals surface area contributed by atoms with Crippen molar-refractivity contribution in [2.45, 2.75) is 31.8 Å². The number of nitrogens with one attached hydrogen (secondary N) is 2. The molecule has 1 saturated heterocycles. The van der Waals surface area contributed by atoms with Crippen LogP contribution in [-0.2, 0) is 11.3 Å². The Morgan fingerprint density at radius 3 is 2.89 bits per heavy atom. The lowest BCUT2D eigenvalue weighted by molar-refractivity contribution is -0.385.